The molecule has 0 spiro atoms. The fourth-order valence-electron chi connectivity index (χ4n) is 5.60. The van der Waals surface area contributed by atoms with Crippen LogP contribution in [0.1, 0.15) is 44.8 Å². The number of halogens is 1. The Bertz CT molecular complexity index is 1270. The minimum absolute atomic E-state index is 0.0527. The molecular formula is C27H31FN4O4. The summed E-state index contributed by atoms with van der Waals surface area (Å²) in [6.45, 7) is 4.26. The Morgan fingerprint density at radius 1 is 1.17 bits per heavy atom. The van der Waals surface area contributed by atoms with E-state index in [0.717, 1.165) is 42.7 Å². The van der Waals surface area contributed by atoms with E-state index in [1.807, 2.05) is 17.0 Å². The van der Waals surface area contributed by atoms with Gasteiger partial charge in [-0.15, -0.1) is 0 Å². The number of fused-ring (bicyclic) bond motifs is 3. The zero-order valence-electron chi connectivity index (χ0n) is 20.4. The topological polar surface area (TPSA) is 87.0 Å². The minimum atomic E-state index is -0.575. The van der Waals surface area contributed by atoms with E-state index in [1.165, 1.54) is 12.1 Å². The van der Waals surface area contributed by atoms with Crippen LogP contribution in [-0.2, 0) is 17.7 Å². The van der Waals surface area contributed by atoms with Gasteiger partial charge in [0.15, 0.2) is 0 Å². The Kier molecular flexibility index (Phi) is 7.04. The molecule has 190 valence electrons. The molecule has 1 unspecified atom stereocenters. The lowest BCUT2D eigenvalue weighted by atomic mass is 10.0. The van der Waals surface area contributed by atoms with E-state index in [9.17, 15) is 14.0 Å². The van der Waals surface area contributed by atoms with Gasteiger partial charge in [-0.25, -0.2) is 9.87 Å². The maximum Gasteiger partial charge on any atom is 0.274 e. The smallest absolute Gasteiger partial charge is 0.274 e. The SMILES string of the molecule is COCC1CCCN1CCN1CCc2c(c3cc(F)ccc3n2Cc2ccc(C(=O)NO)cc2)C1=O. The number of methoxy groups -OCH3 is 1. The fraction of sp³-hybridized carbons (Fsp3) is 0.407. The molecule has 0 radical (unpaired) electrons. The number of ether oxygens (including phenoxy) is 1. The van der Waals surface area contributed by atoms with Crippen molar-refractivity contribution in [1.82, 2.24) is 19.8 Å². The Hall–Kier alpha value is -3.27. The van der Waals surface area contributed by atoms with Crippen LogP contribution in [0.4, 0.5) is 4.39 Å². The van der Waals surface area contributed by atoms with Gasteiger partial charge in [0.25, 0.3) is 11.8 Å². The number of carbonyl (C=O) groups is 2. The first-order valence-electron chi connectivity index (χ1n) is 12.4. The molecule has 2 aliphatic heterocycles. The molecule has 5 rings (SSSR count). The summed E-state index contributed by atoms with van der Waals surface area (Å²) in [5, 5.41) is 9.48. The van der Waals surface area contributed by atoms with Gasteiger partial charge < -0.3 is 14.2 Å². The van der Waals surface area contributed by atoms with E-state index in [-0.39, 0.29) is 11.7 Å². The Labute approximate surface area is 209 Å². The van der Waals surface area contributed by atoms with E-state index in [1.54, 1.807) is 30.8 Å². The average molecular weight is 495 g/mol. The van der Waals surface area contributed by atoms with Crippen LogP contribution in [0.25, 0.3) is 10.9 Å². The molecule has 1 saturated heterocycles. The fourth-order valence-corrected chi connectivity index (χ4v) is 5.60. The molecule has 36 heavy (non-hydrogen) atoms. The molecule has 1 atom stereocenters. The number of rotatable bonds is 8. The minimum Gasteiger partial charge on any atom is -0.383 e. The second kappa shape index (κ2) is 10.4. The largest absolute Gasteiger partial charge is 0.383 e. The average Bonchev–Trinajstić information content (AvgIpc) is 3.46. The zero-order valence-corrected chi connectivity index (χ0v) is 20.4. The number of carbonyl (C=O) groups excluding carboxylic acids is 2. The standard InChI is InChI=1S/C27H31FN4O4/c1-36-17-21-3-2-11-30(21)13-14-31-12-10-24-25(27(31)34)22-15-20(28)8-9-23(22)32(24)16-18-4-6-19(7-5-18)26(33)29-35/h4-9,15,21,35H,2-3,10-14,16-17H2,1H3,(H,29,33). The number of hydroxylamine groups is 1. The quantitative estimate of drug-likeness (QED) is 0.371. The van der Waals surface area contributed by atoms with Crippen molar-refractivity contribution in [3.63, 3.8) is 0 Å². The molecule has 0 bridgehead atoms. The maximum atomic E-state index is 14.3. The lowest BCUT2D eigenvalue weighted by molar-refractivity contribution is 0.0686. The second-order valence-electron chi connectivity index (χ2n) is 9.54. The van der Waals surface area contributed by atoms with Crippen molar-refractivity contribution in [3.05, 3.63) is 70.7 Å². The lowest BCUT2D eigenvalue weighted by Gasteiger charge is -2.31. The Balaban J connectivity index is 1.41. The third-order valence-corrected chi connectivity index (χ3v) is 7.43. The first kappa shape index (κ1) is 24.4. The molecule has 1 aromatic heterocycles. The summed E-state index contributed by atoms with van der Waals surface area (Å²) in [4.78, 5) is 29.6. The highest BCUT2D eigenvalue weighted by Gasteiger charge is 2.32. The summed E-state index contributed by atoms with van der Waals surface area (Å²) in [5.41, 5.74) is 5.22. The molecular weight excluding hydrogens is 463 g/mol. The number of amides is 2. The number of benzene rings is 2. The Morgan fingerprint density at radius 2 is 1.97 bits per heavy atom. The molecule has 3 aromatic rings. The van der Waals surface area contributed by atoms with E-state index >= 15 is 0 Å². The summed E-state index contributed by atoms with van der Waals surface area (Å²) < 4.78 is 21.7. The van der Waals surface area contributed by atoms with E-state index < -0.39 is 5.91 Å². The van der Waals surface area contributed by atoms with E-state index in [0.29, 0.717) is 55.2 Å². The monoisotopic (exact) mass is 494 g/mol. The van der Waals surface area contributed by atoms with Crippen molar-refractivity contribution in [2.75, 3.05) is 39.9 Å². The van der Waals surface area contributed by atoms with Gasteiger partial charge in [0, 0.05) is 67.9 Å². The van der Waals surface area contributed by atoms with Crippen LogP contribution in [0.3, 0.4) is 0 Å². The number of nitrogens with zero attached hydrogens (tertiary/aromatic N) is 3. The van der Waals surface area contributed by atoms with Gasteiger partial charge in [-0.05, 0) is 55.3 Å². The number of nitrogens with one attached hydrogen (secondary N) is 1. The molecule has 8 nitrogen and oxygen atoms in total. The van der Waals surface area contributed by atoms with Crippen LogP contribution in [-0.4, -0.2) is 77.3 Å². The van der Waals surface area contributed by atoms with Crippen LogP contribution >= 0.6 is 0 Å². The predicted molar refractivity (Wildman–Crippen MR) is 133 cm³/mol. The van der Waals surface area contributed by atoms with Crippen molar-refractivity contribution < 1.29 is 23.9 Å². The number of likely N-dealkylation sites (tertiary alicyclic amines) is 1. The Morgan fingerprint density at radius 3 is 2.72 bits per heavy atom. The van der Waals surface area contributed by atoms with Gasteiger partial charge in [0.05, 0.1) is 12.2 Å². The van der Waals surface area contributed by atoms with Crippen molar-refractivity contribution in [3.8, 4) is 0 Å². The maximum absolute atomic E-state index is 14.3. The zero-order chi connectivity index (χ0) is 25.2. The lowest BCUT2D eigenvalue weighted by Crippen LogP contribution is -2.44. The predicted octanol–water partition coefficient (Wildman–Crippen LogP) is 3.06. The van der Waals surface area contributed by atoms with Gasteiger partial charge in [0.1, 0.15) is 5.82 Å². The molecule has 9 heteroatoms. The summed E-state index contributed by atoms with van der Waals surface area (Å²) in [5.74, 6) is -0.997. The summed E-state index contributed by atoms with van der Waals surface area (Å²) >= 11 is 0. The molecule has 2 aliphatic rings. The van der Waals surface area contributed by atoms with Crippen molar-refractivity contribution in [2.45, 2.75) is 31.8 Å². The van der Waals surface area contributed by atoms with Crippen LogP contribution in [0, 0.1) is 5.82 Å². The third-order valence-electron chi connectivity index (χ3n) is 7.43. The molecule has 0 aliphatic carbocycles. The second-order valence-corrected chi connectivity index (χ2v) is 9.54. The van der Waals surface area contributed by atoms with Crippen molar-refractivity contribution in [2.24, 2.45) is 0 Å². The van der Waals surface area contributed by atoms with Crippen LogP contribution in [0.15, 0.2) is 42.5 Å². The van der Waals surface area contributed by atoms with Gasteiger partial charge in [-0.1, -0.05) is 12.1 Å². The van der Waals surface area contributed by atoms with Crippen LogP contribution in [0.5, 0.6) is 0 Å². The third kappa shape index (κ3) is 4.61. The van der Waals surface area contributed by atoms with Gasteiger partial charge in [-0.3, -0.25) is 19.7 Å². The normalized spacial score (nSPS) is 18.1. The molecule has 3 heterocycles. The summed E-state index contributed by atoms with van der Waals surface area (Å²) in [6.07, 6.45) is 2.94. The van der Waals surface area contributed by atoms with Crippen LogP contribution in [0.2, 0.25) is 0 Å². The van der Waals surface area contributed by atoms with Gasteiger partial charge in [-0.2, -0.15) is 0 Å². The van der Waals surface area contributed by atoms with E-state index in [2.05, 4.69) is 9.47 Å². The molecule has 2 N–H and O–H groups in total. The highest BCUT2D eigenvalue weighted by Crippen LogP contribution is 2.32. The summed E-state index contributed by atoms with van der Waals surface area (Å²) in [6, 6.07) is 11.9. The molecule has 1 fully saturated rings. The number of hydrogen-bond acceptors (Lipinski definition) is 5. The van der Waals surface area contributed by atoms with Crippen molar-refractivity contribution in [1.29, 1.82) is 0 Å². The first-order valence-corrected chi connectivity index (χ1v) is 12.4. The highest BCUT2D eigenvalue weighted by molar-refractivity contribution is 6.09. The van der Waals surface area contributed by atoms with E-state index in [4.69, 9.17) is 9.94 Å². The first-order chi connectivity index (χ1) is 17.5. The van der Waals surface area contributed by atoms with Crippen molar-refractivity contribution >= 4 is 22.7 Å². The van der Waals surface area contributed by atoms with Gasteiger partial charge in [0.2, 0.25) is 0 Å². The summed E-state index contributed by atoms with van der Waals surface area (Å²) in [7, 11) is 1.72. The number of hydrogen-bond donors (Lipinski definition) is 2. The number of aromatic nitrogens is 1. The highest BCUT2D eigenvalue weighted by atomic mass is 19.1. The van der Waals surface area contributed by atoms with Gasteiger partial charge >= 0.3 is 0 Å². The molecule has 2 aromatic carbocycles. The van der Waals surface area contributed by atoms with Crippen LogP contribution < -0.4 is 5.48 Å². The molecule has 0 saturated carbocycles. The molecule has 2 amide bonds.